The van der Waals surface area contributed by atoms with Gasteiger partial charge in [-0.1, -0.05) is 41.5 Å². The zero-order chi connectivity index (χ0) is 26.9. The molecule has 0 saturated carbocycles. The molecule has 186 valence electrons. The van der Waals surface area contributed by atoms with Gasteiger partial charge in [0, 0.05) is 56.4 Å². The van der Waals surface area contributed by atoms with Crippen LogP contribution in [0.1, 0.15) is 54.4 Å². The number of fused-ring (bicyclic) bond motifs is 4. The highest BCUT2D eigenvalue weighted by Gasteiger charge is 2.27. The van der Waals surface area contributed by atoms with E-state index in [0.29, 0.717) is 78.3 Å². The topological polar surface area (TPSA) is 91.6 Å². The van der Waals surface area contributed by atoms with Crippen LogP contribution >= 0.6 is 31.9 Å². The van der Waals surface area contributed by atoms with Gasteiger partial charge in [-0.2, -0.15) is 10.5 Å². The molecule has 0 aliphatic carbocycles. The summed E-state index contributed by atoms with van der Waals surface area (Å²) in [7, 11) is 0. The van der Waals surface area contributed by atoms with Gasteiger partial charge in [0.25, 0.3) is 11.1 Å². The molecular formula is C28H28Br2N4O2. The quantitative estimate of drug-likeness (QED) is 0.240. The van der Waals surface area contributed by atoms with Gasteiger partial charge in [-0.3, -0.25) is 9.59 Å². The van der Waals surface area contributed by atoms with Crippen molar-refractivity contribution in [1.82, 2.24) is 9.13 Å². The molecule has 0 bridgehead atoms. The van der Waals surface area contributed by atoms with E-state index in [1.807, 2.05) is 53.7 Å². The number of hydrogen-bond acceptors (Lipinski definition) is 4. The van der Waals surface area contributed by atoms with E-state index >= 15 is 0 Å². The summed E-state index contributed by atoms with van der Waals surface area (Å²) in [6, 6.07) is 8.18. The highest BCUT2D eigenvalue weighted by Crippen LogP contribution is 2.38. The van der Waals surface area contributed by atoms with Crippen molar-refractivity contribution in [2.24, 2.45) is 0 Å². The van der Waals surface area contributed by atoms with Crippen molar-refractivity contribution in [2.45, 2.75) is 67.5 Å². The Hall–Kier alpha value is -2.94. The van der Waals surface area contributed by atoms with E-state index < -0.39 is 0 Å². The Bertz CT molecular complexity index is 1700. The standard InChI is InChI=1S/C22H10Br2N4O2.3C2H6/c23-13-5-11-15-16-12(20-10(8-26)2-4-28(20)22(30)18(13)16)6-14(24)17(15)21(29)27-3-1-9(7-25)19(11)27;3*1-2/h5-6H,1-4H2;3*1-2H3. The van der Waals surface area contributed by atoms with E-state index in [1.54, 1.807) is 9.13 Å². The van der Waals surface area contributed by atoms with E-state index in [-0.39, 0.29) is 11.1 Å². The Morgan fingerprint density at radius 1 is 0.667 bits per heavy atom. The molecule has 36 heavy (non-hydrogen) atoms. The third kappa shape index (κ3) is 3.70. The zero-order valence-corrected chi connectivity index (χ0v) is 24.5. The molecule has 0 N–H and O–H groups in total. The Balaban J connectivity index is 0.000000563. The lowest BCUT2D eigenvalue weighted by Crippen LogP contribution is -2.34. The highest BCUT2D eigenvalue weighted by atomic mass is 79.9. The predicted molar refractivity (Wildman–Crippen MR) is 155 cm³/mol. The van der Waals surface area contributed by atoms with Crippen molar-refractivity contribution in [3.05, 3.63) is 52.5 Å². The molecule has 0 atom stereocenters. The summed E-state index contributed by atoms with van der Waals surface area (Å²) in [4.78, 5) is 26.8. The molecule has 0 unspecified atom stereocenters. The maximum atomic E-state index is 13.4. The number of hydrogen-bond donors (Lipinski definition) is 0. The Morgan fingerprint density at radius 3 is 1.31 bits per heavy atom. The van der Waals surface area contributed by atoms with E-state index in [9.17, 15) is 20.1 Å². The predicted octanol–water partition coefficient (Wildman–Crippen LogP) is 5.67. The number of nitrogens with zero attached hydrogens (tertiary/aromatic N) is 4. The number of aromatic nitrogens is 2. The fourth-order valence-corrected chi connectivity index (χ4v) is 6.30. The summed E-state index contributed by atoms with van der Waals surface area (Å²) in [6.45, 7) is 12.9. The van der Waals surface area contributed by atoms with Crippen LogP contribution < -0.4 is 21.8 Å². The molecule has 2 aliphatic heterocycles. The molecule has 4 aromatic rings. The summed E-state index contributed by atoms with van der Waals surface area (Å²) >= 11 is 7.16. The van der Waals surface area contributed by atoms with Gasteiger partial charge in [-0.05, 0) is 44.0 Å². The molecule has 4 heterocycles. The van der Waals surface area contributed by atoms with E-state index in [0.717, 1.165) is 10.8 Å². The fourth-order valence-electron chi connectivity index (χ4n) is 5.10. The first-order chi connectivity index (χ1) is 17.5. The lowest BCUT2D eigenvalue weighted by molar-refractivity contribution is 0.717. The number of benzene rings is 2. The van der Waals surface area contributed by atoms with Crippen molar-refractivity contribution in [1.29, 1.82) is 10.5 Å². The normalized spacial score (nSPS) is 13.2. The summed E-state index contributed by atoms with van der Waals surface area (Å²) in [5.74, 6) is 0. The van der Waals surface area contributed by atoms with Crippen LogP contribution in [0.25, 0.3) is 43.5 Å². The van der Waals surface area contributed by atoms with Gasteiger partial charge < -0.3 is 9.13 Å². The number of pyridine rings is 2. The van der Waals surface area contributed by atoms with Crippen LogP contribution in [0.3, 0.4) is 0 Å². The second-order valence-corrected chi connectivity index (χ2v) is 9.31. The van der Waals surface area contributed by atoms with Crippen LogP contribution in [0.2, 0.25) is 0 Å². The summed E-state index contributed by atoms with van der Waals surface area (Å²) < 4.78 is 4.56. The Labute approximate surface area is 226 Å². The lowest BCUT2D eigenvalue weighted by Gasteiger charge is -2.16. The largest absolute Gasteiger partial charge is 0.306 e. The van der Waals surface area contributed by atoms with Gasteiger partial charge >= 0.3 is 0 Å². The van der Waals surface area contributed by atoms with Crippen molar-refractivity contribution in [3.8, 4) is 12.1 Å². The first-order valence-corrected chi connectivity index (χ1v) is 14.0. The fraction of sp³-hybridized carbons (Fsp3) is 0.357. The van der Waals surface area contributed by atoms with Gasteiger partial charge in [0.15, 0.2) is 0 Å². The lowest BCUT2D eigenvalue weighted by atomic mass is 9.95. The summed E-state index contributed by atoms with van der Waals surface area (Å²) in [5, 5.41) is 24.4. The maximum absolute atomic E-state index is 13.4. The third-order valence-electron chi connectivity index (χ3n) is 6.29. The van der Waals surface area contributed by atoms with Crippen LogP contribution in [0.15, 0.2) is 30.7 Å². The minimum absolute atomic E-state index is 0.176. The summed E-state index contributed by atoms with van der Waals surface area (Å²) in [6.07, 6.45) is 1.01. The van der Waals surface area contributed by atoms with Gasteiger partial charge in [0.2, 0.25) is 0 Å². The smallest absolute Gasteiger partial charge is 0.260 e. The molecule has 0 fully saturated rings. The van der Waals surface area contributed by atoms with Crippen LogP contribution in [0.5, 0.6) is 0 Å². The van der Waals surface area contributed by atoms with Crippen molar-refractivity contribution in [2.75, 3.05) is 0 Å². The molecule has 0 saturated heterocycles. The summed E-state index contributed by atoms with van der Waals surface area (Å²) in [5.41, 5.74) is 0.786. The highest BCUT2D eigenvalue weighted by molar-refractivity contribution is 9.11. The van der Waals surface area contributed by atoms with E-state index in [1.165, 1.54) is 0 Å². The molecular weight excluding hydrogens is 584 g/mol. The maximum Gasteiger partial charge on any atom is 0.260 e. The average Bonchev–Trinajstić information content (AvgIpc) is 3.55. The molecule has 2 aromatic heterocycles. The number of rotatable bonds is 0. The number of halogens is 2. The third-order valence-corrected chi connectivity index (χ3v) is 7.54. The molecule has 0 radical (unpaired) electrons. The molecule has 6 nitrogen and oxygen atoms in total. The second kappa shape index (κ2) is 11.0. The van der Waals surface area contributed by atoms with Crippen molar-refractivity contribution < 1.29 is 0 Å². The Kier molecular flexibility index (Phi) is 8.44. The van der Waals surface area contributed by atoms with Gasteiger partial charge in [-0.15, -0.1) is 0 Å². The molecule has 6 rings (SSSR count). The van der Waals surface area contributed by atoms with Crippen molar-refractivity contribution in [3.63, 3.8) is 0 Å². The average molecular weight is 612 g/mol. The van der Waals surface area contributed by atoms with Crippen LogP contribution in [0.4, 0.5) is 0 Å². The monoisotopic (exact) mass is 610 g/mol. The minimum atomic E-state index is -0.176. The molecule has 2 aromatic carbocycles. The van der Waals surface area contributed by atoms with E-state index in [2.05, 4.69) is 44.0 Å². The molecule has 8 heteroatoms. The second-order valence-electron chi connectivity index (χ2n) is 7.60. The van der Waals surface area contributed by atoms with Crippen LogP contribution in [-0.2, 0) is 13.1 Å². The minimum Gasteiger partial charge on any atom is -0.306 e. The van der Waals surface area contributed by atoms with Crippen LogP contribution in [0, 0.1) is 22.7 Å². The van der Waals surface area contributed by atoms with Gasteiger partial charge in [0.1, 0.15) is 0 Å². The first-order valence-electron chi connectivity index (χ1n) is 12.4. The van der Waals surface area contributed by atoms with E-state index in [4.69, 9.17) is 0 Å². The Morgan fingerprint density at radius 2 is 1.00 bits per heavy atom. The van der Waals surface area contributed by atoms with Gasteiger partial charge in [-0.25, -0.2) is 0 Å². The molecule has 2 aliphatic rings. The van der Waals surface area contributed by atoms with Gasteiger partial charge in [0.05, 0.1) is 44.8 Å². The zero-order valence-electron chi connectivity index (χ0n) is 21.3. The SMILES string of the molecule is CC.CC.CC.N#CC1=c2c3cc(Br)c4c(=O)n5c(c6cc(Br)c(c(=O)n2CC1)c3c64)=C(C#N)CC5. The number of nitriles is 2. The first kappa shape index (κ1) is 27.6. The molecule has 0 amide bonds. The van der Waals surface area contributed by atoms with Crippen molar-refractivity contribution >= 4 is 75.3 Å². The van der Waals surface area contributed by atoms with Crippen LogP contribution in [-0.4, -0.2) is 9.13 Å². The molecule has 0 spiro atoms.